The number of ether oxygens (including phenoxy) is 1. The zero-order valence-electron chi connectivity index (χ0n) is 11.7. The van der Waals surface area contributed by atoms with Crippen molar-refractivity contribution in [2.24, 2.45) is 0 Å². The lowest BCUT2D eigenvalue weighted by Crippen LogP contribution is -2.20. The van der Waals surface area contributed by atoms with Crippen LogP contribution >= 0.6 is 15.9 Å². The number of halogens is 1. The Kier molecular flexibility index (Phi) is 5.61. The quantitative estimate of drug-likeness (QED) is 0.826. The molecule has 0 aliphatic heterocycles. The van der Waals surface area contributed by atoms with Crippen molar-refractivity contribution in [2.75, 3.05) is 6.54 Å². The maximum absolute atomic E-state index is 5.84. The normalized spacial score (nSPS) is 12.3. The van der Waals surface area contributed by atoms with E-state index in [1.54, 1.807) is 12.3 Å². The summed E-state index contributed by atoms with van der Waals surface area (Å²) < 4.78 is 11.9. The summed E-state index contributed by atoms with van der Waals surface area (Å²) in [4.78, 5) is 0. The average molecular weight is 339 g/mol. The highest BCUT2D eigenvalue weighted by molar-refractivity contribution is 9.10. The van der Waals surface area contributed by atoms with Crippen LogP contribution in [-0.2, 0) is 6.61 Å². The van der Waals surface area contributed by atoms with Crippen molar-refractivity contribution in [1.82, 2.24) is 10.5 Å². The van der Waals surface area contributed by atoms with Crippen LogP contribution < -0.4 is 10.1 Å². The van der Waals surface area contributed by atoms with E-state index in [4.69, 9.17) is 9.26 Å². The zero-order chi connectivity index (χ0) is 14.4. The summed E-state index contributed by atoms with van der Waals surface area (Å²) >= 11 is 3.51. The molecule has 1 atom stereocenters. The monoisotopic (exact) mass is 338 g/mol. The molecule has 20 heavy (non-hydrogen) atoms. The molecule has 0 amide bonds. The lowest BCUT2D eigenvalue weighted by atomic mass is 10.1. The van der Waals surface area contributed by atoms with Gasteiger partial charge in [0.2, 0.25) is 0 Å². The van der Waals surface area contributed by atoms with Crippen molar-refractivity contribution in [3.05, 3.63) is 46.3 Å². The molecule has 1 heterocycles. The van der Waals surface area contributed by atoms with Crippen molar-refractivity contribution in [3.8, 4) is 5.75 Å². The van der Waals surface area contributed by atoms with Crippen LogP contribution in [0.15, 0.2) is 39.5 Å². The van der Waals surface area contributed by atoms with Gasteiger partial charge in [-0.1, -0.05) is 28.0 Å². The third kappa shape index (κ3) is 4.08. The Labute approximate surface area is 127 Å². The van der Waals surface area contributed by atoms with Gasteiger partial charge in [-0.25, -0.2) is 0 Å². The summed E-state index contributed by atoms with van der Waals surface area (Å²) in [7, 11) is 0. The van der Waals surface area contributed by atoms with Gasteiger partial charge in [-0.2, -0.15) is 0 Å². The molecule has 0 aliphatic carbocycles. The molecule has 0 bridgehead atoms. The van der Waals surface area contributed by atoms with Crippen LogP contribution in [0, 0.1) is 0 Å². The van der Waals surface area contributed by atoms with Crippen LogP contribution in [0.5, 0.6) is 5.75 Å². The minimum Gasteiger partial charge on any atom is -0.485 e. The molecule has 4 nitrogen and oxygen atoms in total. The molecular weight excluding hydrogens is 320 g/mol. The second-order valence-electron chi connectivity index (χ2n) is 4.63. The number of hydrogen-bond donors (Lipinski definition) is 1. The van der Waals surface area contributed by atoms with E-state index in [1.807, 2.05) is 12.1 Å². The molecule has 0 fully saturated rings. The van der Waals surface area contributed by atoms with Crippen LogP contribution in [0.4, 0.5) is 0 Å². The van der Waals surface area contributed by atoms with Crippen LogP contribution in [0.1, 0.15) is 37.6 Å². The molecular formula is C15H19BrN2O2. The fourth-order valence-electron chi connectivity index (χ4n) is 1.93. The first-order valence-corrected chi connectivity index (χ1v) is 7.55. The Morgan fingerprint density at radius 1 is 1.40 bits per heavy atom. The van der Waals surface area contributed by atoms with Gasteiger partial charge < -0.3 is 14.6 Å². The molecule has 5 heteroatoms. The third-order valence-corrected chi connectivity index (χ3v) is 3.49. The van der Waals surface area contributed by atoms with Crippen molar-refractivity contribution in [3.63, 3.8) is 0 Å². The van der Waals surface area contributed by atoms with Crippen molar-refractivity contribution in [1.29, 1.82) is 0 Å². The smallest absolute Gasteiger partial charge is 0.174 e. The van der Waals surface area contributed by atoms with Gasteiger partial charge in [0.05, 0.1) is 6.20 Å². The maximum atomic E-state index is 5.84. The predicted molar refractivity (Wildman–Crippen MR) is 81.7 cm³/mol. The first kappa shape index (κ1) is 15.1. The van der Waals surface area contributed by atoms with Crippen molar-refractivity contribution >= 4 is 15.9 Å². The van der Waals surface area contributed by atoms with E-state index >= 15 is 0 Å². The van der Waals surface area contributed by atoms with Gasteiger partial charge in [-0.3, -0.25) is 0 Å². The first-order valence-electron chi connectivity index (χ1n) is 6.76. The number of aromatic nitrogens is 1. The van der Waals surface area contributed by atoms with Crippen molar-refractivity contribution in [2.45, 2.75) is 32.9 Å². The Bertz CT molecular complexity index is 529. The van der Waals surface area contributed by atoms with Gasteiger partial charge in [-0.05, 0) is 38.1 Å². The topological polar surface area (TPSA) is 47.3 Å². The Hall–Kier alpha value is -1.33. The molecule has 0 aliphatic rings. The largest absolute Gasteiger partial charge is 0.485 e. The Morgan fingerprint density at radius 3 is 2.95 bits per heavy atom. The Morgan fingerprint density at radius 2 is 2.25 bits per heavy atom. The van der Waals surface area contributed by atoms with E-state index in [-0.39, 0.29) is 6.04 Å². The van der Waals surface area contributed by atoms with E-state index in [2.05, 4.69) is 46.3 Å². The van der Waals surface area contributed by atoms with Gasteiger partial charge >= 0.3 is 0 Å². The number of rotatable bonds is 7. The summed E-state index contributed by atoms with van der Waals surface area (Å²) in [5, 5.41) is 7.14. The fourth-order valence-corrected chi connectivity index (χ4v) is 2.30. The number of benzene rings is 1. The molecule has 1 aromatic heterocycles. The molecule has 0 saturated heterocycles. The summed E-state index contributed by atoms with van der Waals surface area (Å²) in [5.74, 6) is 1.58. The lowest BCUT2D eigenvalue weighted by molar-refractivity contribution is 0.246. The van der Waals surface area contributed by atoms with E-state index in [0.29, 0.717) is 12.4 Å². The van der Waals surface area contributed by atoms with Gasteiger partial charge in [0.1, 0.15) is 12.4 Å². The van der Waals surface area contributed by atoms with E-state index in [0.717, 1.165) is 28.8 Å². The lowest BCUT2D eigenvalue weighted by Gasteiger charge is -2.18. The van der Waals surface area contributed by atoms with Gasteiger partial charge in [0.25, 0.3) is 0 Å². The average Bonchev–Trinajstić information content (AvgIpc) is 2.96. The minimum atomic E-state index is 0.233. The molecule has 108 valence electrons. The number of hydrogen-bond acceptors (Lipinski definition) is 4. The molecule has 1 aromatic carbocycles. The fraction of sp³-hybridized carbons (Fsp3) is 0.400. The minimum absolute atomic E-state index is 0.233. The molecule has 1 N–H and O–H groups in total. The van der Waals surface area contributed by atoms with Crippen LogP contribution in [0.2, 0.25) is 0 Å². The zero-order valence-corrected chi connectivity index (χ0v) is 13.3. The first-order chi connectivity index (χ1) is 9.70. The maximum Gasteiger partial charge on any atom is 0.174 e. The second kappa shape index (κ2) is 7.45. The summed E-state index contributed by atoms with van der Waals surface area (Å²) in [6.45, 7) is 5.66. The van der Waals surface area contributed by atoms with E-state index < -0.39 is 0 Å². The Balaban J connectivity index is 2.10. The highest BCUT2D eigenvalue weighted by Crippen LogP contribution is 2.29. The molecule has 0 radical (unpaired) electrons. The third-order valence-electron chi connectivity index (χ3n) is 3.00. The molecule has 2 aromatic rings. The molecule has 0 saturated carbocycles. The molecule has 2 rings (SSSR count). The standard InChI is InChI=1S/C15H19BrN2O2/c1-3-7-17-11(2)14-9-12(16)4-5-15(14)19-10-13-6-8-18-20-13/h4-6,8-9,11,17H,3,7,10H2,1-2H3. The molecule has 1 unspecified atom stereocenters. The van der Waals surface area contributed by atoms with Gasteiger partial charge in [0, 0.05) is 22.1 Å². The van der Waals surface area contributed by atoms with Gasteiger partial charge in [-0.15, -0.1) is 0 Å². The van der Waals surface area contributed by atoms with Gasteiger partial charge in [0.15, 0.2) is 5.76 Å². The number of nitrogens with one attached hydrogen (secondary N) is 1. The summed E-state index contributed by atoms with van der Waals surface area (Å²) in [6.07, 6.45) is 2.72. The highest BCUT2D eigenvalue weighted by atomic mass is 79.9. The predicted octanol–water partition coefficient (Wildman–Crippen LogP) is 4.08. The van der Waals surface area contributed by atoms with Crippen LogP contribution in [0.3, 0.4) is 0 Å². The van der Waals surface area contributed by atoms with Crippen molar-refractivity contribution < 1.29 is 9.26 Å². The summed E-state index contributed by atoms with van der Waals surface area (Å²) in [5.41, 5.74) is 1.13. The van der Waals surface area contributed by atoms with E-state index in [9.17, 15) is 0 Å². The second-order valence-corrected chi connectivity index (χ2v) is 5.54. The van der Waals surface area contributed by atoms with Crippen LogP contribution in [0.25, 0.3) is 0 Å². The van der Waals surface area contributed by atoms with E-state index in [1.165, 1.54) is 0 Å². The number of nitrogens with zero attached hydrogens (tertiary/aromatic N) is 1. The molecule has 0 spiro atoms. The SMILES string of the molecule is CCCNC(C)c1cc(Br)ccc1OCc1ccno1. The highest BCUT2D eigenvalue weighted by Gasteiger charge is 2.12. The summed E-state index contributed by atoms with van der Waals surface area (Å²) in [6, 6.07) is 8.07. The van der Waals surface area contributed by atoms with Crippen LogP contribution in [-0.4, -0.2) is 11.7 Å².